The Hall–Kier alpha value is -5.33. The third kappa shape index (κ3) is 6.25. The van der Waals surface area contributed by atoms with Crippen LogP contribution in [-0.4, -0.2) is 33.9 Å². The Morgan fingerprint density at radius 3 is 1.47 bits per heavy atom. The average molecular weight is 634 g/mol. The molecule has 2 amide bonds. The van der Waals surface area contributed by atoms with Gasteiger partial charge >= 0.3 is 0 Å². The molecule has 6 heteroatoms. The second kappa shape index (κ2) is 13.6. The molecule has 47 heavy (non-hydrogen) atoms. The molecule has 2 atom stereocenters. The molecule has 2 aliphatic rings. The molecule has 1 saturated carbocycles. The Morgan fingerprint density at radius 1 is 0.553 bits per heavy atom. The largest absolute Gasteiger partial charge is 0.358 e. The first-order chi connectivity index (χ1) is 23.1. The highest BCUT2D eigenvalue weighted by Gasteiger charge is 2.43. The number of imide groups is 1. The lowest BCUT2D eigenvalue weighted by Crippen LogP contribution is -2.55. The van der Waals surface area contributed by atoms with E-state index in [1.165, 1.54) is 4.90 Å². The zero-order valence-corrected chi connectivity index (χ0v) is 26.8. The zero-order chi connectivity index (χ0) is 32.2. The summed E-state index contributed by atoms with van der Waals surface area (Å²) in [6, 6.07) is 46.5. The van der Waals surface area contributed by atoms with Gasteiger partial charge in [0.15, 0.2) is 5.11 Å². The van der Waals surface area contributed by atoms with Crippen molar-refractivity contribution in [2.45, 2.75) is 37.8 Å². The summed E-state index contributed by atoms with van der Waals surface area (Å²) < 4.78 is 0. The van der Waals surface area contributed by atoms with E-state index in [0.717, 1.165) is 64.8 Å². The van der Waals surface area contributed by atoms with E-state index in [4.69, 9.17) is 12.2 Å². The van der Waals surface area contributed by atoms with Gasteiger partial charge in [0.05, 0.1) is 17.2 Å². The molecule has 1 heterocycles. The van der Waals surface area contributed by atoms with Gasteiger partial charge in [-0.25, -0.2) is 0 Å². The predicted octanol–water partition coefficient (Wildman–Crippen LogP) is 8.59. The van der Waals surface area contributed by atoms with Gasteiger partial charge in [0.25, 0.3) is 11.8 Å². The van der Waals surface area contributed by atoms with Crippen LogP contribution in [0, 0.1) is 0 Å². The average Bonchev–Trinajstić information content (AvgIpc) is 3.38. The number of amides is 2. The van der Waals surface area contributed by atoms with Crippen LogP contribution in [0.25, 0.3) is 11.1 Å². The highest BCUT2D eigenvalue weighted by Crippen LogP contribution is 2.37. The minimum absolute atomic E-state index is 0.128. The van der Waals surface area contributed by atoms with Crippen LogP contribution in [0.2, 0.25) is 0 Å². The molecule has 232 valence electrons. The van der Waals surface area contributed by atoms with Crippen LogP contribution < -0.4 is 10.6 Å². The van der Waals surface area contributed by atoms with Crippen molar-refractivity contribution < 1.29 is 9.59 Å². The Balaban J connectivity index is 1.15. The van der Waals surface area contributed by atoms with Crippen molar-refractivity contribution in [3.05, 3.63) is 173 Å². The molecule has 0 unspecified atom stereocenters. The Bertz CT molecular complexity index is 1860. The van der Waals surface area contributed by atoms with E-state index in [9.17, 15) is 9.59 Å². The SMILES string of the molecule is O=C1c2ccccc2C(=O)N1[C@@H]1CCCC[C@H]1NC(=S)Nc1ccc(C(=C(c2ccccc2)c2ccccc2)c2ccccc2)cc1. The minimum Gasteiger partial charge on any atom is -0.358 e. The molecule has 1 fully saturated rings. The van der Waals surface area contributed by atoms with E-state index in [1.54, 1.807) is 24.3 Å². The fraction of sp³-hybridized carbons (Fsp3) is 0.146. The van der Waals surface area contributed by atoms with Crippen molar-refractivity contribution >= 4 is 46.0 Å². The molecule has 2 N–H and O–H groups in total. The smallest absolute Gasteiger partial charge is 0.261 e. The maximum atomic E-state index is 13.3. The molecule has 0 bridgehead atoms. The van der Waals surface area contributed by atoms with Gasteiger partial charge in [-0.05, 0) is 82.7 Å². The molecule has 0 saturated heterocycles. The summed E-state index contributed by atoms with van der Waals surface area (Å²) >= 11 is 5.78. The number of anilines is 1. The number of nitrogens with one attached hydrogen (secondary N) is 2. The molecule has 5 aromatic rings. The standard InChI is InChI=1S/C41H35N3O2S/c45-39-33-20-10-11-21-34(33)40(46)44(39)36-23-13-12-22-35(36)43-41(47)42-32-26-24-31(25-27-32)38(30-18-8-3-9-19-30)37(28-14-4-1-5-15-28)29-16-6-2-7-17-29/h1-11,14-21,24-27,35-36H,12-13,22-23H2,(H2,42,43,47)/t35-,36-/m1/s1. The maximum Gasteiger partial charge on any atom is 0.261 e. The molecule has 5 nitrogen and oxygen atoms in total. The van der Waals surface area contributed by atoms with Gasteiger partial charge in [-0.1, -0.05) is 128 Å². The summed E-state index contributed by atoms with van der Waals surface area (Å²) in [4.78, 5) is 28.0. The minimum atomic E-state index is -0.258. The molecular weight excluding hydrogens is 599 g/mol. The topological polar surface area (TPSA) is 61.4 Å². The molecule has 1 aliphatic carbocycles. The van der Waals surface area contributed by atoms with Gasteiger partial charge < -0.3 is 10.6 Å². The van der Waals surface area contributed by atoms with E-state index in [0.29, 0.717) is 16.2 Å². The van der Waals surface area contributed by atoms with Crippen LogP contribution in [0.3, 0.4) is 0 Å². The summed E-state index contributed by atoms with van der Waals surface area (Å²) in [5.41, 5.74) is 8.62. The lowest BCUT2D eigenvalue weighted by molar-refractivity contribution is 0.0516. The van der Waals surface area contributed by atoms with Gasteiger partial charge in [-0.2, -0.15) is 0 Å². The fourth-order valence-electron chi connectivity index (χ4n) is 6.88. The first-order valence-electron chi connectivity index (χ1n) is 16.1. The number of nitrogens with zero attached hydrogens (tertiary/aromatic N) is 1. The zero-order valence-electron chi connectivity index (χ0n) is 25.9. The van der Waals surface area contributed by atoms with Gasteiger partial charge in [0, 0.05) is 11.7 Å². The number of thiocarbonyl (C=S) groups is 1. The van der Waals surface area contributed by atoms with Crippen LogP contribution in [0.1, 0.15) is 68.7 Å². The maximum absolute atomic E-state index is 13.3. The van der Waals surface area contributed by atoms with E-state index < -0.39 is 0 Å². The second-order valence-corrected chi connectivity index (χ2v) is 12.4. The Morgan fingerprint density at radius 2 is 0.979 bits per heavy atom. The molecule has 0 aromatic heterocycles. The Kier molecular flexibility index (Phi) is 8.76. The predicted molar refractivity (Wildman–Crippen MR) is 193 cm³/mol. The summed E-state index contributed by atoms with van der Waals surface area (Å²) in [5, 5.41) is 7.28. The third-order valence-corrected chi connectivity index (χ3v) is 9.29. The summed E-state index contributed by atoms with van der Waals surface area (Å²) in [7, 11) is 0. The molecular formula is C41H35N3O2S. The highest BCUT2D eigenvalue weighted by atomic mass is 32.1. The number of benzene rings is 5. The number of hydrogen-bond donors (Lipinski definition) is 2. The normalized spacial score (nSPS) is 17.1. The van der Waals surface area contributed by atoms with Gasteiger partial charge in [0.1, 0.15) is 0 Å². The monoisotopic (exact) mass is 633 g/mol. The van der Waals surface area contributed by atoms with Crippen molar-refractivity contribution in [3.63, 3.8) is 0 Å². The van der Waals surface area contributed by atoms with Crippen molar-refractivity contribution in [1.82, 2.24) is 10.2 Å². The highest BCUT2D eigenvalue weighted by molar-refractivity contribution is 7.80. The first kappa shape index (κ1) is 30.3. The van der Waals surface area contributed by atoms with Crippen LogP contribution in [-0.2, 0) is 0 Å². The van der Waals surface area contributed by atoms with Crippen molar-refractivity contribution in [2.24, 2.45) is 0 Å². The molecule has 7 rings (SSSR count). The first-order valence-corrected chi connectivity index (χ1v) is 16.5. The van der Waals surface area contributed by atoms with Crippen LogP contribution in [0.15, 0.2) is 140 Å². The fourth-order valence-corrected chi connectivity index (χ4v) is 7.15. The quantitative estimate of drug-likeness (QED) is 0.107. The number of carbonyl (C=O) groups is 2. The van der Waals surface area contributed by atoms with Crippen molar-refractivity contribution in [3.8, 4) is 0 Å². The third-order valence-electron chi connectivity index (χ3n) is 9.07. The number of carbonyl (C=O) groups excluding carboxylic acids is 2. The van der Waals surface area contributed by atoms with Gasteiger partial charge in [-0.15, -0.1) is 0 Å². The van der Waals surface area contributed by atoms with Gasteiger partial charge in [-0.3, -0.25) is 14.5 Å². The number of rotatable bonds is 7. The Labute approximate surface area is 281 Å². The molecule has 1 aliphatic heterocycles. The summed E-state index contributed by atoms with van der Waals surface area (Å²) in [6.07, 6.45) is 3.55. The summed E-state index contributed by atoms with van der Waals surface area (Å²) in [6.45, 7) is 0. The van der Waals surface area contributed by atoms with E-state index in [-0.39, 0.29) is 23.9 Å². The van der Waals surface area contributed by atoms with E-state index in [2.05, 4.69) is 95.6 Å². The molecule has 0 radical (unpaired) electrons. The van der Waals surface area contributed by atoms with Crippen molar-refractivity contribution in [2.75, 3.05) is 5.32 Å². The van der Waals surface area contributed by atoms with Crippen molar-refractivity contribution in [1.29, 1.82) is 0 Å². The number of fused-ring (bicyclic) bond motifs is 1. The van der Waals surface area contributed by atoms with E-state index >= 15 is 0 Å². The molecule has 0 spiro atoms. The molecule has 5 aromatic carbocycles. The lowest BCUT2D eigenvalue weighted by Gasteiger charge is -2.37. The van der Waals surface area contributed by atoms with E-state index in [1.807, 2.05) is 30.3 Å². The van der Waals surface area contributed by atoms with Crippen LogP contribution in [0.5, 0.6) is 0 Å². The van der Waals surface area contributed by atoms with Crippen LogP contribution >= 0.6 is 12.2 Å². The second-order valence-electron chi connectivity index (χ2n) is 12.0. The summed E-state index contributed by atoms with van der Waals surface area (Å²) in [5.74, 6) is -0.433. The van der Waals surface area contributed by atoms with Gasteiger partial charge in [0.2, 0.25) is 0 Å². The lowest BCUT2D eigenvalue weighted by atomic mass is 9.86. The number of hydrogen-bond acceptors (Lipinski definition) is 3. The van der Waals surface area contributed by atoms with Crippen LogP contribution in [0.4, 0.5) is 5.69 Å².